The minimum absolute atomic E-state index is 0.0161. The van der Waals surface area contributed by atoms with E-state index in [0.29, 0.717) is 5.69 Å². The van der Waals surface area contributed by atoms with Gasteiger partial charge in [-0.1, -0.05) is 19.1 Å². The number of hydrogen-bond acceptors (Lipinski definition) is 5. The molecule has 1 aromatic carbocycles. The van der Waals surface area contributed by atoms with Crippen molar-refractivity contribution in [2.45, 2.75) is 19.9 Å². The summed E-state index contributed by atoms with van der Waals surface area (Å²) in [5.74, 6) is -0.637. The van der Waals surface area contributed by atoms with Gasteiger partial charge in [0.1, 0.15) is 0 Å². The van der Waals surface area contributed by atoms with Crippen LogP contribution in [0.3, 0.4) is 0 Å². The number of carbonyl (C=O) groups excluding carboxylic acids is 2. The zero-order valence-corrected chi connectivity index (χ0v) is 13.1. The fraction of sp³-hybridized carbons (Fsp3) is 0.333. The molecule has 0 unspecified atom stereocenters. The third-order valence-corrected chi connectivity index (χ3v) is 3.28. The van der Waals surface area contributed by atoms with Gasteiger partial charge in [-0.3, -0.25) is 9.59 Å². The van der Waals surface area contributed by atoms with Crippen LogP contribution in [0.4, 0.5) is 5.69 Å². The summed E-state index contributed by atoms with van der Waals surface area (Å²) in [7, 11) is 0. The Balaban J connectivity index is 1.85. The predicted octanol–water partition coefficient (Wildman–Crippen LogP) is 0.305. The lowest BCUT2D eigenvalue weighted by atomic mass is 10.1. The van der Waals surface area contributed by atoms with Crippen molar-refractivity contribution >= 4 is 17.5 Å². The van der Waals surface area contributed by atoms with Gasteiger partial charge in [0.2, 0.25) is 11.8 Å². The summed E-state index contributed by atoms with van der Waals surface area (Å²) in [6, 6.07) is 6.48. The Morgan fingerprint density at radius 1 is 1.26 bits per heavy atom. The number of hydrogen-bond donors (Lipinski definition) is 3. The number of benzene rings is 1. The van der Waals surface area contributed by atoms with Gasteiger partial charge in [0.15, 0.2) is 0 Å². The highest BCUT2D eigenvalue weighted by Crippen LogP contribution is 2.11. The maximum atomic E-state index is 11.8. The number of nitrogens with zero attached hydrogens (tertiary/aromatic N) is 3. The van der Waals surface area contributed by atoms with Crippen LogP contribution < -0.4 is 16.4 Å². The molecule has 0 saturated carbocycles. The van der Waals surface area contributed by atoms with Crippen molar-refractivity contribution in [2.75, 3.05) is 11.9 Å². The zero-order chi connectivity index (χ0) is 16.8. The smallest absolute Gasteiger partial charge is 0.243 e. The van der Waals surface area contributed by atoms with Gasteiger partial charge in [-0.05, 0) is 30.2 Å². The fourth-order valence-electron chi connectivity index (χ4n) is 1.84. The second-order valence-corrected chi connectivity index (χ2v) is 5.43. The van der Waals surface area contributed by atoms with Crippen molar-refractivity contribution < 1.29 is 9.59 Å². The molecule has 0 bridgehead atoms. The Bertz CT molecular complexity index is 651. The largest absolute Gasteiger partial charge is 0.346 e. The molecule has 1 heterocycles. The molecule has 8 heteroatoms. The van der Waals surface area contributed by atoms with Crippen LogP contribution in [0.5, 0.6) is 0 Å². The zero-order valence-electron chi connectivity index (χ0n) is 13.1. The van der Waals surface area contributed by atoms with E-state index in [4.69, 9.17) is 5.73 Å². The molecule has 0 aliphatic rings. The first-order valence-corrected chi connectivity index (χ1v) is 7.27. The third-order valence-electron chi connectivity index (χ3n) is 3.28. The molecular formula is C15H20N6O2. The first-order valence-electron chi connectivity index (χ1n) is 7.27. The van der Waals surface area contributed by atoms with Crippen LogP contribution in [0.2, 0.25) is 0 Å². The van der Waals surface area contributed by atoms with Gasteiger partial charge in [0.05, 0.1) is 30.7 Å². The van der Waals surface area contributed by atoms with Crippen LogP contribution in [-0.2, 0) is 9.59 Å². The number of nitrogens with two attached hydrogens (primary N) is 1. The lowest BCUT2D eigenvalue weighted by molar-refractivity contribution is -0.125. The predicted molar refractivity (Wildman–Crippen MR) is 85.8 cm³/mol. The van der Waals surface area contributed by atoms with Crippen LogP contribution in [0, 0.1) is 5.92 Å². The lowest BCUT2D eigenvalue weighted by Crippen LogP contribution is -2.46. The number of nitrogens with one attached hydrogen (secondary N) is 2. The van der Waals surface area contributed by atoms with E-state index >= 15 is 0 Å². The van der Waals surface area contributed by atoms with E-state index in [0.717, 1.165) is 5.69 Å². The van der Waals surface area contributed by atoms with E-state index in [1.165, 1.54) is 0 Å². The van der Waals surface area contributed by atoms with Gasteiger partial charge in [-0.25, -0.2) is 4.68 Å². The molecular weight excluding hydrogens is 296 g/mol. The Labute approximate surface area is 134 Å². The first kappa shape index (κ1) is 16.6. The minimum Gasteiger partial charge on any atom is -0.346 e. The molecule has 8 nitrogen and oxygen atoms in total. The number of amides is 2. The van der Waals surface area contributed by atoms with Crippen LogP contribution in [0.1, 0.15) is 13.8 Å². The second kappa shape index (κ2) is 7.50. The van der Waals surface area contributed by atoms with E-state index in [2.05, 4.69) is 20.9 Å². The van der Waals surface area contributed by atoms with Crippen molar-refractivity contribution in [3.05, 3.63) is 36.7 Å². The highest BCUT2D eigenvalue weighted by molar-refractivity contribution is 5.95. The van der Waals surface area contributed by atoms with E-state index in [-0.39, 0.29) is 24.3 Å². The third kappa shape index (κ3) is 4.62. The van der Waals surface area contributed by atoms with Crippen LogP contribution in [0.25, 0.3) is 5.69 Å². The van der Waals surface area contributed by atoms with Crippen molar-refractivity contribution in [1.29, 1.82) is 0 Å². The standard InChI is InChI=1S/C15H20N6O2/c1-10(2)14(16)15(23)17-9-13(22)19-11-3-5-12(6-4-11)21-8-7-18-20-21/h3-8,10,14H,9,16H2,1-2H3,(H,17,23)(H,19,22)/t14-/m0/s1. The number of carbonyl (C=O) groups is 2. The Kier molecular flexibility index (Phi) is 5.42. The van der Waals surface area contributed by atoms with Crippen LogP contribution in [-0.4, -0.2) is 39.4 Å². The van der Waals surface area contributed by atoms with Gasteiger partial charge in [0, 0.05) is 5.69 Å². The van der Waals surface area contributed by atoms with Crippen LogP contribution in [0.15, 0.2) is 36.7 Å². The molecule has 1 aromatic heterocycles. The monoisotopic (exact) mass is 316 g/mol. The van der Waals surface area contributed by atoms with E-state index in [1.54, 1.807) is 41.3 Å². The highest BCUT2D eigenvalue weighted by atomic mass is 16.2. The van der Waals surface area contributed by atoms with Crippen molar-refractivity contribution in [2.24, 2.45) is 11.7 Å². The van der Waals surface area contributed by atoms with E-state index in [9.17, 15) is 9.59 Å². The molecule has 2 aromatic rings. The Hall–Kier alpha value is -2.74. The molecule has 1 atom stereocenters. The molecule has 0 aliphatic heterocycles. The number of aromatic nitrogens is 3. The van der Waals surface area contributed by atoms with Gasteiger partial charge < -0.3 is 16.4 Å². The molecule has 0 saturated heterocycles. The first-order chi connectivity index (χ1) is 11.0. The molecule has 0 spiro atoms. The van der Waals surface area contributed by atoms with Crippen molar-refractivity contribution in [3.8, 4) is 5.69 Å². The Morgan fingerprint density at radius 3 is 2.52 bits per heavy atom. The number of anilines is 1. The average molecular weight is 316 g/mol. The maximum Gasteiger partial charge on any atom is 0.243 e. The summed E-state index contributed by atoms with van der Waals surface area (Å²) in [4.78, 5) is 23.5. The van der Waals surface area contributed by atoms with Gasteiger partial charge in [-0.2, -0.15) is 0 Å². The molecule has 0 aliphatic carbocycles. The normalized spacial score (nSPS) is 12.0. The molecule has 2 amide bonds. The molecule has 0 fully saturated rings. The van der Waals surface area contributed by atoms with Gasteiger partial charge in [0.25, 0.3) is 0 Å². The van der Waals surface area contributed by atoms with Crippen molar-refractivity contribution in [3.63, 3.8) is 0 Å². The van der Waals surface area contributed by atoms with E-state index < -0.39 is 6.04 Å². The maximum absolute atomic E-state index is 11.8. The van der Waals surface area contributed by atoms with Gasteiger partial charge >= 0.3 is 0 Å². The molecule has 23 heavy (non-hydrogen) atoms. The highest BCUT2D eigenvalue weighted by Gasteiger charge is 2.17. The summed E-state index contributed by atoms with van der Waals surface area (Å²) in [5, 5.41) is 12.8. The molecule has 2 rings (SSSR count). The van der Waals surface area contributed by atoms with Crippen molar-refractivity contribution in [1.82, 2.24) is 20.3 Å². The average Bonchev–Trinajstić information content (AvgIpc) is 3.07. The molecule has 122 valence electrons. The topological polar surface area (TPSA) is 115 Å². The summed E-state index contributed by atoms with van der Waals surface area (Å²) in [6.45, 7) is 3.58. The molecule has 0 radical (unpaired) electrons. The quantitative estimate of drug-likeness (QED) is 0.709. The summed E-state index contributed by atoms with van der Waals surface area (Å²) in [6.07, 6.45) is 3.31. The Morgan fingerprint density at radius 2 is 1.96 bits per heavy atom. The SMILES string of the molecule is CC(C)[C@H](N)C(=O)NCC(=O)Nc1ccc(-n2ccnn2)cc1. The lowest BCUT2D eigenvalue weighted by Gasteiger charge is -2.15. The van der Waals surface area contributed by atoms with E-state index in [1.807, 2.05) is 13.8 Å². The summed E-state index contributed by atoms with van der Waals surface area (Å²) < 4.78 is 1.61. The number of rotatable bonds is 6. The van der Waals surface area contributed by atoms with Crippen LogP contribution >= 0.6 is 0 Å². The fourth-order valence-corrected chi connectivity index (χ4v) is 1.84. The summed E-state index contributed by atoms with van der Waals surface area (Å²) in [5.41, 5.74) is 7.16. The summed E-state index contributed by atoms with van der Waals surface area (Å²) >= 11 is 0. The molecule has 4 N–H and O–H groups in total. The van der Waals surface area contributed by atoms with Gasteiger partial charge in [-0.15, -0.1) is 5.10 Å². The second-order valence-electron chi connectivity index (χ2n) is 5.43. The minimum atomic E-state index is -0.621.